The van der Waals surface area contributed by atoms with Crippen LogP contribution in [-0.2, 0) is 0 Å². The molecule has 1 aromatic rings. The van der Waals surface area contributed by atoms with Crippen molar-refractivity contribution >= 4 is 0 Å². The molecular formula is C11H12O2. The van der Waals surface area contributed by atoms with E-state index >= 15 is 0 Å². The maximum atomic E-state index is 9.32. The molecule has 0 saturated carbocycles. The van der Waals surface area contributed by atoms with E-state index < -0.39 is 5.60 Å². The number of rotatable bonds is 0. The van der Waals surface area contributed by atoms with Crippen LogP contribution in [0.3, 0.4) is 0 Å². The third kappa shape index (κ3) is 3.18. The topological polar surface area (TPSA) is 40.5 Å². The number of hydrogen-bond acceptors (Lipinski definition) is 2. The van der Waals surface area contributed by atoms with Gasteiger partial charge in [0.05, 0.1) is 5.56 Å². The molecule has 2 N–H and O–H groups in total. The van der Waals surface area contributed by atoms with E-state index in [1.54, 1.807) is 38.1 Å². The Morgan fingerprint density at radius 3 is 2.38 bits per heavy atom. The van der Waals surface area contributed by atoms with Gasteiger partial charge in [-0.25, -0.2) is 0 Å². The number of para-hydroxylation sites is 1. The summed E-state index contributed by atoms with van der Waals surface area (Å²) in [5.41, 5.74) is -0.493. The molecule has 0 fully saturated rings. The Morgan fingerprint density at radius 2 is 1.85 bits per heavy atom. The second-order valence-electron chi connectivity index (χ2n) is 3.33. The van der Waals surface area contributed by atoms with Crippen LogP contribution in [0, 0.1) is 11.8 Å². The zero-order valence-corrected chi connectivity index (χ0v) is 7.70. The largest absolute Gasteiger partial charge is 0.507 e. The molecule has 0 atom stereocenters. The Kier molecular flexibility index (Phi) is 2.60. The van der Waals surface area contributed by atoms with Crippen LogP contribution in [0.4, 0.5) is 0 Å². The fourth-order valence-corrected chi connectivity index (χ4v) is 0.800. The van der Waals surface area contributed by atoms with Crippen molar-refractivity contribution in [1.29, 1.82) is 0 Å². The van der Waals surface area contributed by atoms with Crippen molar-refractivity contribution in [2.24, 2.45) is 0 Å². The van der Waals surface area contributed by atoms with Crippen LogP contribution in [0.1, 0.15) is 19.4 Å². The zero-order chi connectivity index (χ0) is 9.90. The van der Waals surface area contributed by atoms with Crippen LogP contribution in [0.25, 0.3) is 0 Å². The van der Waals surface area contributed by atoms with Gasteiger partial charge in [-0.15, -0.1) is 0 Å². The molecule has 0 bridgehead atoms. The van der Waals surface area contributed by atoms with Gasteiger partial charge in [0.2, 0.25) is 0 Å². The van der Waals surface area contributed by atoms with Crippen LogP contribution in [-0.4, -0.2) is 15.8 Å². The highest BCUT2D eigenvalue weighted by atomic mass is 16.3. The van der Waals surface area contributed by atoms with E-state index in [1.807, 2.05) is 0 Å². The third-order valence-electron chi connectivity index (χ3n) is 1.41. The highest BCUT2D eigenvalue weighted by molar-refractivity contribution is 5.45. The van der Waals surface area contributed by atoms with Crippen LogP contribution in [0.2, 0.25) is 0 Å². The van der Waals surface area contributed by atoms with Crippen LogP contribution >= 0.6 is 0 Å². The second-order valence-corrected chi connectivity index (χ2v) is 3.33. The van der Waals surface area contributed by atoms with Gasteiger partial charge >= 0.3 is 0 Å². The lowest BCUT2D eigenvalue weighted by Gasteiger charge is -2.06. The summed E-state index contributed by atoms with van der Waals surface area (Å²) in [6.07, 6.45) is 0. The van der Waals surface area contributed by atoms with Gasteiger partial charge in [-0.1, -0.05) is 24.0 Å². The SMILES string of the molecule is CC(C)(O)C#Cc1ccccc1O. The summed E-state index contributed by atoms with van der Waals surface area (Å²) in [7, 11) is 0. The molecule has 0 saturated heterocycles. The minimum Gasteiger partial charge on any atom is -0.507 e. The minimum atomic E-state index is -1.03. The van der Waals surface area contributed by atoms with Gasteiger partial charge < -0.3 is 10.2 Å². The van der Waals surface area contributed by atoms with Gasteiger partial charge in [0.15, 0.2) is 0 Å². The fourth-order valence-electron chi connectivity index (χ4n) is 0.800. The van der Waals surface area contributed by atoms with E-state index in [1.165, 1.54) is 0 Å². The van der Waals surface area contributed by atoms with Crippen LogP contribution < -0.4 is 0 Å². The van der Waals surface area contributed by atoms with Crippen molar-refractivity contribution in [3.63, 3.8) is 0 Å². The zero-order valence-electron chi connectivity index (χ0n) is 7.70. The average molecular weight is 176 g/mol. The lowest BCUT2D eigenvalue weighted by Crippen LogP contribution is -2.14. The lowest BCUT2D eigenvalue weighted by atomic mass is 10.1. The summed E-state index contributed by atoms with van der Waals surface area (Å²) in [6.45, 7) is 3.19. The molecule has 0 aromatic heterocycles. The van der Waals surface area contributed by atoms with Gasteiger partial charge in [-0.05, 0) is 26.0 Å². The normalized spacial score (nSPS) is 10.4. The molecule has 1 rings (SSSR count). The predicted octanol–water partition coefficient (Wildman–Crippen LogP) is 1.51. The first-order valence-corrected chi connectivity index (χ1v) is 4.02. The number of aliphatic hydroxyl groups is 1. The Balaban J connectivity index is 2.97. The summed E-state index contributed by atoms with van der Waals surface area (Å²) in [5, 5.41) is 18.6. The summed E-state index contributed by atoms with van der Waals surface area (Å²) in [6, 6.07) is 6.78. The first kappa shape index (κ1) is 9.63. The van der Waals surface area contributed by atoms with Gasteiger partial charge in [0, 0.05) is 0 Å². The Labute approximate surface area is 77.8 Å². The van der Waals surface area contributed by atoms with Crippen LogP contribution in [0.5, 0.6) is 5.75 Å². The van der Waals surface area contributed by atoms with Crippen molar-refractivity contribution < 1.29 is 10.2 Å². The molecule has 0 aliphatic heterocycles. The van der Waals surface area contributed by atoms with Crippen molar-refractivity contribution in [2.75, 3.05) is 0 Å². The quantitative estimate of drug-likeness (QED) is 0.588. The first-order chi connectivity index (χ1) is 5.99. The molecule has 0 radical (unpaired) electrons. The van der Waals surface area contributed by atoms with Crippen molar-refractivity contribution in [3.8, 4) is 17.6 Å². The van der Waals surface area contributed by atoms with Crippen molar-refractivity contribution in [1.82, 2.24) is 0 Å². The van der Waals surface area contributed by atoms with Crippen molar-refractivity contribution in [2.45, 2.75) is 19.4 Å². The summed E-state index contributed by atoms with van der Waals surface area (Å²) in [5.74, 6) is 5.47. The van der Waals surface area contributed by atoms with Crippen LogP contribution in [0.15, 0.2) is 24.3 Å². The average Bonchev–Trinajstić information content (AvgIpc) is 2.01. The summed E-state index contributed by atoms with van der Waals surface area (Å²) >= 11 is 0. The van der Waals surface area contributed by atoms with E-state index in [9.17, 15) is 10.2 Å². The molecule has 68 valence electrons. The Hall–Kier alpha value is -1.46. The Bertz CT molecular complexity index is 350. The third-order valence-corrected chi connectivity index (χ3v) is 1.41. The molecule has 0 heterocycles. The molecular weight excluding hydrogens is 164 g/mol. The number of hydrogen-bond donors (Lipinski definition) is 2. The Morgan fingerprint density at radius 1 is 1.23 bits per heavy atom. The minimum absolute atomic E-state index is 0.138. The molecule has 0 spiro atoms. The second kappa shape index (κ2) is 3.51. The molecule has 2 nitrogen and oxygen atoms in total. The highest BCUT2D eigenvalue weighted by Gasteiger charge is 2.06. The molecule has 0 amide bonds. The first-order valence-electron chi connectivity index (χ1n) is 4.02. The smallest absolute Gasteiger partial charge is 0.131 e. The molecule has 0 aliphatic carbocycles. The summed E-state index contributed by atoms with van der Waals surface area (Å²) < 4.78 is 0. The number of aromatic hydroxyl groups is 1. The fraction of sp³-hybridized carbons (Fsp3) is 0.273. The van der Waals surface area contributed by atoms with Gasteiger partial charge in [-0.2, -0.15) is 0 Å². The summed E-state index contributed by atoms with van der Waals surface area (Å²) in [4.78, 5) is 0. The van der Waals surface area contributed by atoms with Crippen molar-refractivity contribution in [3.05, 3.63) is 29.8 Å². The van der Waals surface area contributed by atoms with E-state index in [0.717, 1.165) is 0 Å². The number of benzene rings is 1. The monoisotopic (exact) mass is 176 g/mol. The molecule has 0 unspecified atom stereocenters. The maximum absolute atomic E-state index is 9.32. The van der Waals surface area contributed by atoms with E-state index in [0.29, 0.717) is 5.56 Å². The predicted molar refractivity (Wildman–Crippen MR) is 51.3 cm³/mol. The highest BCUT2D eigenvalue weighted by Crippen LogP contribution is 2.14. The van der Waals surface area contributed by atoms with E-state index in [2.05, 4.69) is 11.8 Å². The van der Waals surface area contributed by atoms with Gasteiger partial charge in [0.25, 0.3) is 0 Å². The van der Waals surface area contributed by atoms with E-state index in [-0.39, 0.29) is 5.75 Å². The lowest BCUT2D eigenvalue weighted by molar-refractivity contribution is 0.143. The number of phenolic OH excluding ortho intramolecular Hbond substituents is 1. The van der Waals surface area contributed by atoms with Gasteiger partial charge in [-0.3, -0.25) is 0 Å². The molecule has 2 heteroatoms. The van der Waals surface area contributed by atoms with Gasteiger partial charge in [0.1, 0.15) is 11.4 Å². The van der Waals surface area contributed by atoms with E-state index in [4.69, 9.17) is 0 Å². The maximum Gasteiger partial charge on any atom is 0.131 e. The molecule has 1 aromatic carbocycles. The molecule has 13 heavy (non-hydrogen) atoms. The standard InChI is InChI=1S/C11H12O2/c1-11(2,13)8-7-9-5-3-4-6-10(9)12/h3-6,12-13H,1-2H3. The molecule has 0 aliphatic rings. The number of phenols is 1.